The van der Waals surface area contributed by atoms with Crippen LogP contribution in [0.15, 0.2) is 54.7 Å². The number of pyridine rings is 1. The van der Waals surface area contributed by atoms with Crippen LogP contribution >= 0.6 is 0 Å². The van der Waals surface area contributed by atoms with Gasteiger partial charge in [0.25, 0.3) is 0 Å². The monoisotopic (exact) mass is 432 g/mol. The van der Waals surface area contributed by atoms with E-state index < -0.39 is 0 Å². The van der Waals surface area contributed by atoms with Crippen molar-refractivity contribution in [1.82, 2.24) is 0 Å². The minimum Gasteiger partial charge on any atom is -0.455 e. The Morgan fingerprint density at radius 3 is 2.39 bits per heavy atom. The van der Waals surface area contributed by atoms with Crippen molar-refractivity contribution in [2.24, 2.45) is 13.0 Å². The molecule has 1 aliphatic rings. The van der Waals surface area contributed by atoms with Crippen molar-refractivity contribution in [3.63, 3.8) is 0 Å². The molecule has 0 atom stereocenters. The van der Waals surface area contributed by atoms with Gasteiger partial charge < -0.3 is 4.74 Å². The Balaban J connectivity index is 1.74. The van der Waals surface area contributed by atoms with Crippen molar-refractivity contribution in [1.29, 1.82) is 0 Å². The van der Waals surface area contributed by atoms with E-state index in [9.17, 15) is 0 Å². The molecular formula is C31H30NO+. The lowest BCUT2D eigenvalue weighted by molar-refractivity contribution is -0.659. The number of nitrogens with zero attached hydrogens (tertiary/aromatic N) is 1. The first-order valence-corrected chi connectivity index (χ1v) is 11.9. The van der Waals surface area contributed by atoms with Gasteiger partial charge in [-0.1, -0.05) is 55.8 Å². The second-order valence-corrected chi connectivity index (χ2v) is 10.2. The molecule has 1 aliphatic heterocycles. The van der Waals surface area contributed by atoms with Crippen molar-refractivity contribution in [3.05, 3.63) is 77.0 Å². The molecule has 33 heavy (non-hydrogen) atoms. The molecule has 5 aromatic rings. The van der Waals surface area contributed by atoms with Gasteiger partial charge >= 0.3 is 0 Å². The molecule has 2 heteroatoms. The summed E-state index contributed by atoms with van der Waals surface area (Å²) in [5.74, 6) is 2.60. The van der Waals surface area contributed by atoms with Gasteiger partial charge in [0, 0.05) is 17.0 Å². The SMILES string of the molecule is Cc1ccc2c(C)c3c(c(C)c2c1)-c1c2c(cc4cc(CC(C)C)ccc4c2cc[n+]1C)O3. The average Bonchev–Trinajstić information content (AvgIpc) is 2.78. The van der Waals surface area contributed by atoms with Gasteiger partial charge in [-0.3, -0.25) is 0 Å². The van der Waals surface area contributed by atoms with E-state index in [0.29, 0.717) is 5.92 Å². The zero-order chi connectivity index (χ0) is 23.0. The molecule has 0 saturated carbocycles. The van der Waals surface area contributed by atoms with E-state index in [-0.39, 0.29) is 0 Å². The van der Waals surface area contributed by atoms with Gasteiger partial charge in [0.05, 0.1) is 10.9 Å². The molecule has 0 bridgehead atoms. The maximum Gasteiger partial charge on any atom is 0.228 e. The molecule has 0 aliphatic carbocycles. The third-order valence-electron chi connectivity index (χ3n) is 7.28. The molecule has 4 aromatic carbocycles. The Morgan fingerprint density at radius 2 is 1.61 bits per heavy atom. The summed E-state index contributed by atoms with van der Waals surface area (Å²) in [5, 5.41) is 7.61. The standard InChI is InChI=1S/C31H30NO/c1-17(2)13-21-8-10-24-22(15-21)16-27-29-25(24)11-12-32(6)30(29)28-19(4)26-14-18(3)7-9-23(26)20(5)31(28)33-27/h7-12,14-17H,13H2,1-6H3/q+1. The normalized spacial score (nSPS) is 12.6. The summed E-state index contributed by atoms with van der Waals surface area (Å²) >= 11 is 0. The van der Waals surface area contributed by atoms with Crippen LogP contribution in [-0.2, 0) is 13.5 Å². The number of ether oxygens (including phenoxy) is 1. The number of aromatic nitrogens is 1. The minimum atomic E-state index is 0.637. The van der Waals surface area contributed by atoms with Gasteiger partial charge in [0.1, 0.15) is 18.5 Å². The number of hydrogen-bond acceptors (Lipinski definition) is 1. The van der Waals surface area contributed by atoms with Crippen LogP contribution in [0.3, 0.4) is 0 Å². The fraction of sp³-hybridized carbons (Fsp3) is 0.258. The van der Waals surface area contributed by atoms with Gasteiger partial charge in [-0.2, -0.15) is 0 Å². The van der Waals surface area contributed by atoms with Crippen LogP contribution in [-0.4, -0.2) is 0 Å². The van der Waals surface area contributed by atoms with Crippen LogP contribution < -0.4 is 9.30 Å². The van der Waals surface area contributed by atoms with Crippen molar-refractivity contribution in [3.8, 4) is 22.8 Å². The first kappa shape index (κ1) is 20.2. The van der Waals surface area contributed by atoms with Crippen molar-refractivity contribution in [2.75, 3.05) is 0 Å². The molecule has 1 aromatic heterocycles. The summed E-state index contributed by atoms with van der Waals surface area (Å²) in [6, 6.07) is 18.2. The highest BCUT2D eigenvalue weighted by molar-refractivity contribution is 6.16. The molecule has 0 amide bonds. The number of aryl methyl sites for hydroxylation is 4. The quantitative estimate of drug-likeness (QED) is 0.200. The Bertz CT molecular complexity index is 1620. The van der Waals surface area contributed by atoms with Crippen LogP contribution in [0, 0.1) is 26.7 Å². The molecule has 0 radical (unpaired) electrons. The Hall–Kier alpha value is -3.39. The van der Waals surface area contributed by atoms with Crippen molar-refractivity contribution in [2.45, 2.75) is 41.0 Å². The molecule has 6 rings (SSSR count). The van der Waals surface area contributed by atoms with E-state index >= 15 is 0 Å². The largest absolute Gasteiger partial charge is 0.455 e. The summed E-state index contributed by atoms with van der Waals surface area (Å²) in [5.41, 5.74) is 7.64. The van der Waals surface area contributed by atoms with Gasteiger partial charge in [-0.15, -0.1) is 0 Å². The van der Waals surface area contributed by atoms with Crippen LogP contribution in [0.5, 0.6) is 11.5 Å². The fourth-order valence-electron chi connectivity index (χ4n) is 5.73. The van der Waals surface area contributed by atoms with Crippen LogP contribution in [0.4, 0.5) is 0 Å². The molecule has 0 spiro atoms. The van der Waals surface area contributed by atoms with E-state index in [1.54, 1.807) is 0 Å². The van der Waals surface area contributed by atoms with Gasteiger partial charge in [0.2, 0.25) is 5.69 Å². The van der Waals surface area contributed by atoms with Crippen LogP contribution in [0.25, 0.3) is 43.6 Å². The van der Waals surface area contributed by atoms with E-state index in [0.717, 1.165) is 17.9 Å². The number of fused-ring (bicyclic) bond motifs is 5. The second kappa shape index (κ2) is 7.05. The summed E-state index contributed by atoms with van der Waals surface area (Å²) in [6.07, 6.45) is 3.29. The third kappa shape index (κ3) is 2.90. The number of benzene rings is 4. The highest BCUT2D eigenvalue weighted by Gasteiger charge is 2.32. The van der Waals surface area contributed by atoms with Crippen molar-refractivity contribution >= 4 is 32.3 Å². The summed E-state index contributed by atoms with van der Waals surface area (Å²) in [4.78, 5) is 0. The predicted molar refractivity (Wildman–Crippen MR) is 138 cm³/mol. The minimum absolute atomic E-state index is 0.637. The molecular weight excluding hydrogens is 402 g/mol. The molecule has 2 nitrogen and oxygen atoms in total. The van der Waals surface area contributed by atoms with E-state index in [4.69, 9.17) is 4.74 Å². The summed E-state index contributed by atoms with van der Waals surface area (Å²) < 4.78 is 9.03. The lowest BCUT2D eigenvalue weighted by Crippen LogP contribution is -2.32. The van der Waals surface area contributed by atoms with Gasteiger partial charge in [-0.25, -0.2) is 4.57 Å². The van der Waals surface area contributed by atoms with Gasteiger partial charge in [0.15, 0.2) is 6.20 Å². The summed E-state index contributed by atoms with van der Waals surface area (Å²) in [7, 11) is 2.15. The predicted octanol–water partition coefficient (Wildman–Crippen LogP) is 7.87. The molecule has 0 fully saturated rings. The maximum atomic E-state index is 6.77. The average molecular weight is 433 g/mol. The number of rotatable bonds is 2. The highest BCUT2D eigenvalue weighted by atomic mass is 16.5. The smallest absolute Gasteiger partial charge is 0.228 e. The van der Waals surface area contributed by atoms with E-state index in [2.05, 4.69) is 101 Å². The fourth-order valence-corrected chi connectivity index (χ4v) is 5.73. The lowest BCUT2D eigenvalue weighted by atomic mass is 9.87. The Kier molecular flexibility index (Phi) is 4.32. The van der Waals surface area contributed by atoms with Crippen LogP contribution in [0.1, 0.15) is 36.1 Å². The lowest BCUT2D eigenvalue weighted by Gasteiger charge is -2.25. The topological polar surface area (TPSA) is 13.1 Å². The second-order valence-electron chi connectivity index (χ2n) is 10.2. The van der Waals surface area contributed by atoms with Crippen LogP contribution in [0.2, 0.25) is 0 Å². The molecule has 0 saturated heterocycles. The molecule has 2 heterocycles. The zero-order valence-corrected chi connectivity index (χ0v) is 20.3. The van der Waals surface area contributed by atoms with Gasteiger partial charge in [-0.05, 0) is 71.8 Å². The zero-order valence-electron chi connectivity index (χ0n) is 20.3. The third-order valence-corrected chi connectivity index (χ3v) is 7.28. The van der Waals surface area contributed by atoms with E-state index in [1.165, 1.54) is 65.8 Å². The first-order chi connectivity index (χ1) is 15.8. The first-order valence-electron chi connectivity index (χ1n) is 11.9. The maximum absolute atomic E-state index is 6.77. The highest BCUT2D eigenvalue weighted by Crippen LogP contribution is 2.51. The Labute approximate surface area is 195 Å². The van der Waals surface area contributed by atoms with Crippen molar-refractivity contribution < 1.29 is 9.30 Å². The molecule has 164 valence electrons. The van der Waals surface area contributed by atoms with E-state index in [1.807, 2.05) is 0 Å². The number of hydrogen-bond donors (Lipinski definition) is 0. The molecule has 0 unspecified atom stereocenters. The molecule has 0 N–H and O–H groups in total. The Morgan fingerprint density at radius 1 is 0.818 bits per heavy atom. The summed E-state index contributed by atoms with van der Waals surface area (Å²) in [6.45, 7) is 11.2.